The van der Waals surface area contributed by atoms with Crippen molar-refractivity contribution in [1.29, 1.82) is 0 Å². The second-order valence-corrected chi connectivity index (χ2v) is 2.34. The minimum absolute atomic E-state index is 0.880. The van der Waals surface area contributed by atoms with Crippen LogP contribution in [0.2, 0.25) is 0 Å². The summed E-state index contributed by atoms with van der Waals surface area (Å²) in [4.78, 5) is 4.19. The Bertz CT molecular complexity index is 101. The van der Waals surface area contributed by atoms with Crippen molar-refractivity contribution in [2.45, 2.75) is 26.2 Å². The molecule has 1 aliphatic carbocycles. The summed E-state index contributed by atoms with van der Waals surface area (Å²) in [6.45, 7) is 2.18. The van der Waals surface area contributed by atoms with Gasteiger partial charge in [0.05, 0.1) is 0 Å². The lowest BCUT2D eigenvalue weighted by atomic mass is 10.2. The summed E-state index contributed by atoms with van der Waals surface area (Å²) < 4.78 is 0. The molecule has 1 heteroatoms. The van der Waals surface area contributed by atoms with E-state index in [1.807, 2.05) is 7.05 Å². The molecule has 0 atom stereocenters. The van der Waals surface area contributed by atoms with E-state index >= 15 is 0 Å². The van der Waals surface area contributed by atoms with Crippen LogP contribution in [0.3, 0.4) is 0 Å². The van der Waals surface area contributed by atoms with Gasteiger partial charge in [0.1, 0.15) is 0 Å². The highest BCUT2D eigenvalue weighted by molar-refractivity contribution is 5.88. The predicted octanol–water partition coefficient (Wildman–Crippen LogP) is 1.88. The van der Waals surface area contributed by atoms with Crippen LogP contribution in [0, 0.1) is 5.92 Å². The molecule has 0 aliphatic heterocycles. The van der Waals surface area contributed by atoms with E-state index < -0.39 is 0 Å². The largest absolute Gasteiger partial charge is 0.297 e. The third-order valence-electron chi connectivity index (χ3n) is 1.70. The van der Waals surface area contributed by atoms with Crippen molar-refractivity contribution in [3.63, 3.8) is 0 Å². The summed E-state index contributed by atoms with van der Waals surface area (Å²) in [5, 5.41) is 0. The zero-order valence-electron chi connectivity index (χ0n) is 5.65. The molecule has 46 valence electrons. The van der Waals surface area contributed by atoms with Gasteiger partial charge in [0.15, 0.2) is 0 Å². The second-order valence-electron chi connectivity index (χ2n) is 2.34. The zero-order valence-corrected chi connectivity index (χ0v) is 5.65. The van der Waals surface area contributed by atoms with E-state index in [9.17, 15) is 0 Å². The smallest absolute Gasteiger partial charge is 0.0276 e. The molecule has 8 heavy (non-hydrogen) atoms. The van der Waals surface area contributed by atoms with Crippen molar-refractivity contribution in [3.05, 3.63) is 0 Å². The molecule has 0 spiro atoms. The maximum Gasteiger partial charge on any atom is 0.0276 e. The molecule has 0 heterocycles. The van der Waals surface area contributed by atoms with Gasteiger partial charge in [-0.3, -0.25) is 4.99 Å². The van der Waals surface area contributed by atoms with Crippen LogP contribution in [-0.4, -0.2) is 12.8 Å². The molecule has 0 aromatic rings. The first-order chi connectivity index (χ1) is 3.88. The van der Waals surface area contributed by atoms with Gasteiger partial charge in [0.25, 0.3) is 0 Å². The van der Waals surface area contributed by atoms with Crippen LogP contribution in [0.25, 0.3) is 0 Å². The van der Waals surface area contributed by atoms with Crippen LogP contribution in [0.5, 0.6) is 0 Å². The summed E-state index contributed by atoms with van der Waals surface area (Å²) in [6.07, 6.45) is 3.93. The monoisotopic (exact) mass is 111 g/mol. The molecule has 0 aromatic heterocycles. The summed E-state index contributed by atoms with van der Waals surface area (Å²) >= 11 is 0. The average molecular weight is 111 g/mol. The maximum absolute atomic E-state index is 4.19. The number of hydrogen-bond donors (Lipinski definition) is 0. The van der Waals surface area contributed by atoms with Crippen LogP contribution < -0.4 is 0 Å². The van der Waals surface area contributed by atoms with Crippen molar-refractivity contribution in [1.82, 2.24) is 0 Å². The molecular formula is C7H13N. The molecule has 0 bridgehead atoms. The fourth-order valence-corrected chi connectivity index (χ4v) is 1.05. The second kappa shape index (κ2) is 2.29. The lowest BCUT2D eigenvalue weighted by Gasteiger charge is -1.94. The first-order valence-corrected chi connectivity index (χ1v) is 3.34. The first-order valence-electron chi connectivity index (χ1n) is 3.34. The SMILES string of the molecule is CCC(=NC)C1CC1. The Balaban J connectivity index is 2.37. The zero-order chi connectivity index (χ0) is 5.98. The van der Waals surface area contributed by atoms with Gasteiger partial charge in [-0.1, -0.05) is 6.92 Å². The van der Waals surface area contributed by atoms with E-state index in [-0.39, 0.29) is 0 Å². The van der Waals surface area contributed by atoms with Crippen molar-refractivity contribution in [2.75, 3.05) is 7.05 Å². The lowest BCUT2D eigenvalue weighted by Crippen LogP contribution is -1.96. The summed E-state index contributed by atoms with van der Waals surface area (Å²) in [5.41, 5.74) is 1.42. The molecular weight excluding hydrogens is 98.1 g/mol. The van der Waals surface area contributed by atoms with E-state index in [1.54, 1.807) is 0 Å². The quantitative estimate of drug-likeness (QED) is 0.482. The number of hydrogen-bond acceptors (Lipinski definition) is 1. The third-order valence-corrected chi connectivity index (χ3v) is 1.70. The van der Waals surface area contributed by atoms with Gasteiger partial charge in [0.2, 0.25) is 0 Å². The fraction of sp³-hybridized carbons (Fsp3) is 0.857. The normalized spacial score (nSPS) is 21.5. The topological polar surface area (TPSA) is 12.4 Å². The first kappa shape index (κ1) is 5.80. The molecule has 0 saturated heterocycles. The average Bonchev–Trinajstić information content (AvgIpc) is 2.53. The van der Waals surface area contributed by atoms with Crippen molar-refractivity contribution >= 4 is 5.71 Å². The van der Waals surface area contributed by atoms with E-state index in [0.29, 0.717) is 0 Å². The number of nitrogens with zero attached hydrogens (tertiary/aromatic N) is 1. The van der Waals surface area contributed by atoms with Gasteiger partial charge in [-0.15, -0.1) is 0 Å². The Morgan fingerprint density at radius 2 is 2.25 bits per heavy atom. The summed E-state index contributed by atoms with van der Waals surface area (Å²) in [7, 11) is 1.90. The van der Waals surface area contributed by atoms with Crippen LogP contribution >= 0.6 is 0 Å². The molecule has 0 aromatic carbocycles. The molecule has 0 unspecified atom stereocenters. The standard InChI is InChI=1S/C7H13N/c1-3-7(8-2)6-4-5-6/h6H,3-5H2,1-2H3. The minimum atomic E-state index is 0.880. The van der Waals surface area contributed by atoms with Gasteiger partial charge in [-0.2, -0.15) is 0 Å². The van der Waals surface area contributed by atoms with Gasteiger partial charge >= 0.3 is 0 Å². The minimum Gasteiger partial charge on any atom is -0.297 e. The molecule has 0 N–H and O–H groups in total. The van der Waals surface area contributed by atoms with Crippen LogP contribution in [0.1, 0.15) is 26.2 Å². The van der Waals surface area contributed by atoms with Gasteiger partial charge in [-0.25, -0.2) is 0 Å². The van der Waals surface area contributed by atoms with Crippen molar-refractivity contribution in [2.24, 2.45) is 10.9 Å². The number of rotatable bonds is 2. The van der Waals surface area contributed by atoms with Gasteiger partial charge in [0, 0.05) is 12.8 Å². The Morgan fingerprint density at radius 3 is 2.38 bits per heavy atom. The van der Waals surface area contributed by atoms with E-state index in [2.05, 4.69) is 11.9 Å². The molecule has 1 rings (SSSR count). The number of aliphatic imine (C=N–C) groups is 1. The third kappa shape index (κ3) is 1.09. The summed E-state index contributed by atoms with van der Waals surface area (Å²) in [6, 6.07) is 0. The summed E-state index contributed by atoms with van der Waals surface area (Å²) in [5.74, 6) is 0.880. The predicted molar refractivity (Wildman–Crippen MR) is 36.4 cm³/mol. The van der Waals surface area contributed by atoms with Crippen LogP contribution in [-0.2, 0) is 0 Å². The fourth-order valence-electron chi connectivity index (χ4n) is 1.05. The van der Waals surface area contributed by atoms with Crippen LogP contribution in [0.15, 0.2) is 4.99 Å². The Labute approximate surface area is 50.8 Å². The van der Waals surface area contributed by atoms with E-state index in [0.717, 1.165) is 12.3 Å². The highest BCUT2D eigenvalue weighted by Gasteiger charge is 2.25. The van der Waals surface area contributed by atoms with Crippen LogP contribution in [0.4, 0.5) is 0 Å². The molecule has 1 aliphatic rings. The van der Waals surface area contributed by atoms with E-state index in [4.69, 9.17) is 0 Å². The Kier molecular flexibility index (Phi) is 1.66. The highest BCUT2D eigenvalue weighted by atomic mass is 14.7. The van der Waals surface area contributed by atoms with Crippen molar-refractivity contribution in [3.8, 4) is 0 Å². The Hall–Kier alpha value is -0.330. The van der Waals surface area contributed by atoms with E-state index in [1.165, 1.54) is 18.6 Å². The Morgan fingerprint density at radius 1 is 1.62 bits per heavy atom. The van der Waals surface area contributed by atoms with Gasteiger partial charge < -0.3 is 0 Å². The van der Waals surface area contributed by atoms with Crippen molar-refractivity contribution < 1.29 is 0 Å². The highest BCUT2D eigenvalue weighted by Crippen LogP contribution is 2.31. The molecule has 0 radical (unpaired) electrons. The molecule has 1 saturated carbocycles. The van der Waals surface area contributed by atoms with Gasteiger partial charge in [-0.05, 0) is 25.2 Å². The molecule has 1 nitrogen and oxygen atoms in total. The lowest BCUT2D eigenvalue weighted by molar-refractivity contribution is 1.08. The maximum atomic E-state index is 4.19. The molecule has 1 fully saturated rings. The molecule has 0 amide bonds.